The fourth-order valence-corrected chi connectivity index (χ4v) is 5.24. The van der Waals surface area contributed by atoms with E-state index in [1.54, 1.807) is 24.3 Å². The molecule has 0 bridgehead atoms. The zero-order chi connectivity index (χ0) is 25.7. The predicted octanol–water partition coefficient (Wildman–Crippen LogP) is 6.79. The number of methoxy groups -OCH3 is 1. The van der Waals surface area contributed by atoms with E-state index >= 15 is 0 Å². The van der Waals surface area contributed by atoms with E-state index in [0.29, 0.717) is 40.1 Å². The van der Waals surface area contributed by atoms with Gasteiger partial charge in [-0.25, -0.2) is 13.4 Å². The number of nitro groups is 1. The maximum atomic E-state index is 12.5. The molecule has 1 heterocycles. The second-order valence-corrected chi connectivity index (χ2v) is 10.3. The summed E-state index contributed by atoms with van der Waals surface area (Å²) in [6, 6.07) is 17.0. The van der Waals surface area contributed by atoms with Crippen LogP contribution in [0.25, 0.3) is 21.8 Å². The van der Waals surface area contributed by atoms with E-state index in [0.717, 1.165) is 30.2 Å². The first kappa shape index (κ1) is 27.9. The van der Waals surface area contributed by atoms with Crippen LogP contribution in [0.4, 0.5) is 22.7 Å². The summed E-state index contributed by atoms with van der Waals surface area (Å²) in [6.45, 7) is 2.08. The number of aromatic nitrogens is 1. The average molecular weight is 545 g/mol. The first-order chi connectivity index (χ1) is 17.3. The number of ether oxygens (including phenoxy) is 1. The van der Waals surface area contributed by atoms with Gasteiger partial charge in [0.1, 0.15) is 5.75 Å². The van der Waals surface area contributed by atoms with Gasteiger partial charge in [-0.1, -0.05) is 44.4 Å². The first-order valence-electron chi connectivity index (χ1n) is 11.7. The number of benzene rings is 3. The molecule has 11 heteroatoms. The summed E-state index contributed by atoms with van der Waals surface area (Å²) in [5.41, 5.74) is 2.90. The van der Waals surface area contributed by atoms with Crippen LogP contribution in [0.2, 0.25) is 0 Å². The van der Waals surface area contributed by atoms with Crippen LogP contribution in [0.3, 0.4) is 0 Å². The Morgan fingerprint density at radius 3 is 2.46 bits per heavy atom. The Labute approximate surface area is 221 Å². The van der Waals surface area contributed by atoms with Crippen molar-refractivity contribution in [3.63, 3.8) is 0 Å². The molecule has 0 saturated heterocycles. The molecule has 4 rings (SSSR count). The SMILES string of the molecule is CCCCCCS(=O)(=O)Nc1ccc(Nc2c3ccccc3nc3ccc([N+](=O)[O-])cc23)c(OC)c1.Cl. The van der Waals surface area contributed by atoms with Gasteiger partial charge >= 0.3 is 0 Å². The molecule has 0 amide bonds. The molecule has 0 fully saturated rings. The van der Waals surface area contributed by atoms with Gasteiger partial charge in [-0.05, 0) is 30.7 Å². The standard InChI is InChI=1S/C26H28N4O5S.ClH/c1-3-4-5-8-15-36(33,34)29-18-11-13-24(25(16-18)35-2)28-26-20-9-6-7-10-22(20)27-23-14-12-19(30(31)32)17-21(23)26;/h6-7,9-14,16-17,29H,3-5,8,15H2,1-2H3,(H,27,28);1H. The third-order valence-electron chi connectivity index (χ3n) is 5.88. The molecule has 0 spiro atoms. The van der Waals surface area contributed by atoms with Crippen LogP contribution in [-0.4, -0.2) is 31.2 Å². The van der Waals surface area contributed by atoms with E-state index in [4.69, 9.17) is 4.74 Å². The highest BCUT2D eigenvalue weighted by Crippen LogP contribution is 2.38. The van der Waals surface area contributed by atoms with E-state index in [1.165, 1.54) is 19.2 Å². The number of hydrogen-bond donors (Lipinski definition) is 2. The van der Waals surface area contributed by atoms with E-state index in [2.05, 4.69) is 21.9 Å². The highest BCUT2D eigenvalue weighted by atomic mass is 35.5. The molecule has 0 radical (unpaired) electrons. The van der Waals surface area contributed by atoms with Crippen molar-refractivity contribution in [3.05, 3.63) is 70.8 Å². The number of rotatable bonds is 11. The highest BCUT2D eigenvalue weighted by molar-refractivity contribution is 7.92. The zero-order valence-corrected chi connectivity index (χ0v) is 22.2. The molecule has 0 aliphatic heterocycles. The second kappa shape index (κ2) is 12.1. The Morgan fingerprint density at radius 1 is 0.973 bits per heavy atom. The van der Waals surface area contributed by atoms with Crippen LogP contribution in [0, 0.1) is 10.1 Å². The Hall–Kier alpha value is -3.63. The quantitative estimate of drug-likeness (QED) is 0.0921. The molecule has 0 aliphatic rings. The van der Waals surface area contributed by atoms with Crippen molar-refractivity contribution in [1.82, 2.24) is 4.98 Å². The minimum Gasteiger partial charge on any atom is -0.494 e. The number of pyridine rings is 1. The molecule has 3 aromatic carbocycles. The van der Waals surface area contributed by atoms with Gasteiger partial charge in [0.15, 0.2) is 0 Å². The van der Waals surface area contributed by atoms with Crippen molar-refractivity contribution in [2.45, 2.75) is 32.6 Å². The average Bonchev–Trinajstić information content (AvgIpc) is 2.86. The minimum absolute atomic E-state index is 0. The van der Waals surface area contributed by atoms with Crippen LogP contribution in [0.1, 0.15) is 32.6 Å². The fourth-order valence-electron chi connectivity index (χ4n) is 4.07. The Morgan fingerprint density at radius 2 is 1.73 bits per heavy atom. The smallest absolute Gasteiger partial charge is 0.270 e. The lowest BCUT2D eigenvalue weighted by Gasteiger charge is -2.17. The molecule has 0 unspecified atom stereocenters. The lowest BCUT2D eigenvalue weighted by Crippen LogP contribution is -2.16. The third-order valence-corrected chi connectivity index (χ3v) is 7.25. The van der Waals surface area contributed by atoms with Crippen LogP contribution >= 0.6 is 12.4 Å². The number of sulfonamides is 1. The van der Waals surface area contributed by atoms with E-state index in [9.17, 15) is 18.5 Å². The number of anilines is 3. The molecule has 2 N–H and O–H groups in total. The number of para-hydroxylation sites is 1. The van der Waals surface area contributed by atoms with E-state index < -0.39 is 14.9 Å². The van der Waals surface area contributed by atoms with E-state index in [1.807, 2.05) is 24.3 Å². The number of non-ortho nitro benzene ring substituents is 1. The number of fused-ring (bicyclic) bond motifs is 2. The number of unbranched alkanes of at least 4 members (excludes halogenated alkanes) is 3. The zero-order valence-electron chi connectivity index (χ0n) is 20.6. The molecule has 0 atom stereocenters. The number of nitrogens with zero attached hydrogens (tertiary/aromatic N) is 2. The van der Waals surface area contributed by atoms with Crippen molar-refractivity contribution in [1.29, 1.82) is 0 Å². The van der Waals surface area contributed by atoms with Crippen molar-refractivity contribution in [3.8, 4) is 5.75 Å². The van der Waals surface area contributed by atoms with Gasteiger partial charge in [0.05, 0.1) is 45.9 Å². The summed E-state index contributed by atoms with van der Waals surface area (Å²) in [5, 5.41) is 16.1. The number of halogens is 1. The third kappa shape index (κ3) is 6.58. The molecule has 9 nitrogen and oxygen atoms in total. The van der Waals surface area contributed by atoms with Gasteiger partial charge in [-0.3, -0.25) is 14.8 Å². The van der Waals surface area contributed by atoms with Gasteiger partial charge in [-0.15, -0.1) is 12.4 Å². The number of nitro benzene ring substituents is 1. The summed E-state index contributed by atoms with van der Waals surface area (Å²) in [4.78, 5) is 15.6. The maximum Gasteiger partial charge on any atom is 0.270 e. The van der Waals surface area contributed by atoms with Crippen molar-refractivity contribution in [2.75, 3.05) is 22.9 Å². The topological polar surface area (TPSA) is 123 Å². The Bertz CT molecular complexity index is 1530. The highest BCUT2D eigenvalue weighted by Gasteiger charge is 2.16. The molecule has 1 aromatic heterocycles. The van der Waals surface area contributed by atoms with Gasteiger partial charge < -0.3 is 10.1 Å². The van der Waals surface area contributed by atoms with Gasteiger partial charge in [-0.2, -0.15) is 0 Å². The van der Waals surface area contributed by atoms with Gasteiger partial charge in [0.25, 0.3) is 5.69 Å². The van der Waals surface area contributed by atoms with Gasteiger partial charge in [0.2, 0.25) is 10.0 Å². The van der Waals surface area contributed by atoms with Crippen LogP contribution in [0.15, 0.2) is 60.7 Å². The van der Waals surface area contributed by atoms with E-state index in [-0.39, 0.29) is 23.8 Å². The molecule has 4 aromatic rings. The van der Waals surface area contributed by atoms with Crippen molar-refractivity contribution < 1.29 is 18.1 Å². The fraction of sp³-hybridized carbons (Fsp3) is 0.269. The Balaban J connectivity index is 0.00000380. The molecule has 196 valence electrons. The lowest BCUT2D eigenvalue weighted by molar-refractivity contribution is -0.384. The number of nitrogens with one attached hydrogen (secondary N) is 2. The largest absolute Gasteiger partial charge is 0.494 e. The molecular formula is C26H29ClN4O5S. The summed E-state index contributed by atoms with van der Waals surface area (Å²) < 4.78 is 33.1. The summed E-state index contributed by atoms with van der Waals surface area (Å²) >= 11 is 0. The molecule has 0 saturated carbocycles. The van der Waals surface area contributed by atoms with Crippen LogP contribution < -0.4 is 14.8 Å². The van der Waals surface area contributed by atoms with Crippen LogP contribution in [0.5, 0.6) is 5.75 Å². The van der Waals surface area contributed by atoms with Crippen LogP contribution in [-0.2, 0) is 10.0 Å². The Kier molecular flexibility index (Phi) is 9.12. The monoisotopic (exact) mass is 544 g/mol. The normalized spacial score (nSPS) is 11.2. The minimum atomic E-state index is -3.48. The molecule has 0 aliphatic carbocycles. The first-order valence-corrected chi connectivity index (χ1v) is 13.4. The lowest BCUT2D eigenvalue weighted by atomic mass is 10.1. The van der Waals surface area contributed by atoms with Crippen molar-refractivity contribution >= 4 is 67.0 Å². The maximum absolute atomic E-state index is 12.5. The van der Waals surface area contributed by atoms with Crippen molar-refractivity contribution in [2.24, 2.45) is 0 Å². The second-order valence-electron chi connectivity index (χ2n) is 8.48. The molecular weight excluding hydrogens is 516 g/mol. The predicted molar refractivity (Wildman–Crippen MR) is 151 cm³/mol. The summed E-state index contributed by atoms with van der Waals surface area (Å²) in [7, 11) is -1.98. The van der Waals surface area contributed by atoms with Gasteiger partial charge in [0, 0.05) is 29.0 Å². The molecule has 37 heavy (non-hydrogen) atoms. The summed E-state index contributed by atoms with van der Waals surface area (Å²) in [6.07, 6.45) is 3.52. The number of hydrogen-bond acceptors (Lipinski definition) is 7. The summed E-state index contributed by atoms with van der Waals surface area (Å²) in [5.74, 6) is 0.476.